The molecule has 2 aliphatic heterocycles. The normalized spacial score (nSPS) is 19.3. The number of hydrogen-bond acceptors (Lipinski definition) is 5. The van der Waals surface area contributed by atoms with E-state index in [1.807, 2.05) is 25.3 Å². The lowest BCUT2D eigenvalue weighted by molar-refractivity contribution is -0.119. The summed E-state index contributed by atoms with van der Waals surface area (Å²) in [6.45, 7) is 4.04. The van der Waals surface area contributed by atoms with Gasteiger partial charge in [0.25, 0.3) is 6.43 Å². The molecular weight excluding hydrogens is 506 g/mol. The first-order valence-corrected chi connectivity index (χ1v) is 13.3. The molecule has 8 nitrogen and oxygen atoms in total. The number of halogens is 2. The number of fused-ring (bicyclic) bond motifs is 1. The number of alkyl halides is 2. The van der Waals surface area contributed by atoms with Crippen LogP contribution in [0.3, 0.4) is 0 Å². The van der Waals surface area contributed by atoms with Crippen LogP contribution >= 0.6 is 0 Å². The minimum atomic E-state index is -2.45. The van der Waals surface area contributed by atoms with Gasteiger partial charge in [0.15, 0.2) is 0 Å². The number of carbonyl (C=O) groups is 2. The average molecular weight is 541 g/mol. The van der Waals surface area contributed by atoms with Crippen LogP contribution in [0, 0.1) is 6.92 Å². The van der Waals surface area contributed by atoms with Gasteiger partial charge in [-0.15, -0.1) is 0 Å². The first-order chi connectivity index (χ1) is 18.8. The molecule has 5 rings (SSSR count). The number of aromatic carboxylic acids is 1. The summed E-state index contributed by atoms with van der Waals surface area (Å²) in [5.41, 5.74) is 4.32. The molecule has 0 spiro atoms. The molecule has 0 radical (unpaired) electrons. The molecule has 2 aromatic carbocycles. The molecule has 208 valence electrons. The van der Waals surface area contributed by atoms with E-state index in [2.05, 4.69) is 9.88 Å². The number of anilines is 1. The van der Waals surface area contributed by atoms with Gasteiger partial charge in [-0.25, -0.2) is 13.6 Å². The maximum Gasteiger partial charge on any atom is 0.337 e. The molecule has 3 aromatic rings. The molecule has 1 aromatic heterocycles. The number of rotatable bonds is 8. The highest BCUT2D eigenvalue weighted by Crippen LogP contribution is 2.37. The molecule has 2 fully saturated rings. The smallest absolute Gasteiger partial charge is 0.337 e. The van der Waals surface area contributed by atoms with E-state index in [0.29, 0.717) is 44.8 Å². The molecule has 1 unspecified atom stereocenters. The summed E-state index contributed by atoms with van der Waals surface area (Å²) >= 11 is 0. The lowest BCUT2D eigenvalue weighted by Gasteiger charge is -2.42. The van der Waals surface area contributed by atoms with E-state index in [-0.39, 0.29) is 24.1 Å². The predicted octanol–water partition coefficient (Wildman–Crippen LogP) is 4.82. The van der Waals surface area contributed by atoms with Gasteiger partial charge in [0.05, 0.1) is 24.9 Å². The quantitative estimate of drug-likeness (QED) is 0.426. The van der Waals surface area contributed by atoms with Crippen molar-refractivity contribution in [2.45, 2.75) is 45.2 Å². The Morgan fingerprint density at radius 3 is 2.72 bits per heavy atom. The molecule has 0 aliphatic carbocycles. The summed E-state index contributed by atoms with van der Waals surface area (Å²) in [4.78, 5) is 33.7. The van der Waals surface area contributed by atoms with Gasteiger partial charge in [-0.1, -0.05) is 6.07 Å². The highest BCUT2D eigenvalue weighted by molar-refractivity contribution is 6.02. The molecule has 1 amide bonds. The van der Waals surface area contributed by atoms with E-state index in [4.69, 9.17) is 4.74 Å². The van der Waals surface area contributed by atoms with Crippen molar-refractivity contribution >= 4 is 28.5 Å². The zero-order chi connectivity index (χ0) is 27.7. The third kappa shape index (κ3) is 5.49. The summed E-state index contributed by atoms with van der Waals surface area (Å²) in [6, 6.07) is 8.79. The van der Waals surface area contributed by atoms with Gasteiger partial charge in [0.1, 0.15) is 5.75 Å². The number of methoxy groups -OCH3 is 1. The van der Waals surface area contributed by atoms with Crippen LogP contribution in [0.2, 0.25) is 0 Å². The molecule has 2 saturated heterocycles. The standard InChI is InChI=1S/C29H34F2N4O4/c1-18-13-25(39-2)22(20-8-9-32-28(18)20)15-34-12-11-33(17-26(30)31)16-24(34)19-6-7-21(29(37)38)23(14-19)35-10-4-3-5-27(35)36/h6-9,13-14,24,26,32H,3-5,10-12,15-17H2,1-2H3,(H,37,38). The number of benzene rings is 2. The fourth-order valence-electron chi connectivity index (χ4n) is 5.95. The third-order valence-corrected chi connectivity index (χ3v) is 7.92. The van der Waals surface area contributed by atoms with Crippen LogP contribution in [-0.4, -0.2) is 78.0 Å². The fraction of sp³-hybridized carbons (Fsp3) is 0.448. The van der Waals surface area contributed by atoms with Crippen LogP contribution < -0.4 is 9.64 Å². The molecule has 2 aliphatic rings. The van der Waals surface area contributed by atoms with Crippen molar-refractivity contribution in [3.63, 3.8) is 0 Å². The zero-order valence-corrected chi connectivity index (χ0v) is 22.3. The molecule has 0 bridgehead atoms. The Hall–Kier alpha value is -3.50. The highest BCUT2D eigenvalue weighted by Gasteiger charge is 2.33. The Balaban J connectivity index is 1.55. The van der Waals surface area contributed by atoms with Crippen LogP contribution in [0.1, 0.15) is 52.4 Å². The topological polar surface area (TPSA) is 89.1 Å². The monoisotopic (exact) mass is 540 g/mol. The van der Waals surface area contributed by atoms with Gasteiger partial charge >= 0.3 is 5.97 Å². The van der Waals surface area contributed by atoms with Crippen LogP contribution in [0.25, 0.3) is 10.9 Å². The van der Waals surface area contributed by atoms with Gasteiger partial charge in [0, 0.05) is 67.8 Å². The van der Waals surface area contributed by atoms with Crippen molar-refractivity contribution in [3.8, 4) is 5.75 Å². The number of piperidine rings is 1. The molecule has 0 saturated carbocycles. The zero-order valence-electron chi connectivity index (χ0n) is 22.3. The molecular formula is C29H34F2N4O4. The first kappa shape index (κ1) is 27.1. The SMILES string of the molecule is COc1cc(C)c2[nH]ccc2c1CN1CCN(CC(F)F)CC1c1ccc(C(=O)O)c(N2CCCCC2=O)c1. The number of aromatic nitrogens is 1. The second kappa shape index (κ2) is 11.3. The Bertz CT molecular complexity index is 1370. The fourth-order valence-corrected chi connectivity index (χ4v) is 5.95. The second-order valence-corrected chi connectivity index (χ2v) is 10.4. The van der Waals surface area contributed by atoms with Gasteiger partial charge < -0.3 is 19.7 Å². The van der Waals surface area contributed by atoms with Gasteiger partial charge in [-0.2, -0.15) is 0 Å². The lowest BCUT2D eigenvalue weighted by atomic mass is 9.96. The van der Waals surface area contributed by atoms with E-state index in [1.165, 1.54) is 6.07 Å². The summed E-state index contributed by atoms with van der Waals surface area (Å²) < 4.78 is 32.5. The van der Waals surface area contributed by atoms with Crippen molar-refractivity contribution in [3.05, 3.63) is 58.8 Å². The number of nitrogens with zero attached hydrogens (tertiary/aromatic N) is 3. The minimum Gasteiger partial charge on any atom is -0.496 e. The van der Waals surface area contributed by atoms with Crippen LogP contribution in [-0.2, 0) is 11.3 Å². The molecule has 39 heavy (non-hydrogen) atoms. The predicted molar refractivity (Wildman–Crippen MR) is 145 cm³/mol. The Labute approximate surface area is 226 Å². The van der Waals surface area contributed by atoms with Crippen molar-refractivity contribution in [1.82, 2.24) is 14.8 Å². The number of carboxylic acids is 1. The van der Waals surface area contributed by atoms with Crippen molar-refractivity contribution in [2.24, 2.45) is 0 Å². The number of H-pyrrole nitrogens is 1. The van der Waals surface area contributed by atoms with E-state index < -0.39 is 12.4 Å². The van der Waals surface area contributed by atoms with Crippen LogP contribution in [0.4, 0.5) is 14.5 Å². The number of carboxylic acid groups (broad SMARTS) is 1. The number of amides is 1. The maximum atomic E-state index is 13.4. The number of nitrogens with one attached hydrogen (secondary N) is 1. The highest BCUT2D eigenvalue weighted by atomic mass is 19.3. The van der Waals surface area contributed by atoms with Crippen LogP contribution in [0.5, 0.6) is 5.75 Å². The summed E-state index contributed by atoms with van der Waals surface area (Å²) in [7, 11) is 1.64. The number of hydrogen-bond donors (Lipinski definition) is 2. The average Bonchev–Trinajstić information content (AvgIpc) is 3.41. The van der Waals surface area contributed by atoms with Gasteiger partial charge in [-0.05, 0) is 55.2 Å². The maximum absolute atomic E-state index is 13.4. The summed E-state index contributed by atoms with van der Waals surface area (Å²) in [5, 5.41) is 10.9. The molecule has 10 heteroatoms. The van der Waals surface area contributed by atoms with Crippen molar-refractivity contribution in [2.75, 3.05) is 44.7 Å². The van der Waals surface area contributed by atoms with Crippen molar-refractivity contribution in [1.29, 1.82) is 0 Å². The minimum absolute atomic E-state index is 0.0648. The van der Waals surface area contributed by atoms with E-state index in [0.717, 1.165) is 46.2 Å². The third-order valence-electron chi connectivity index (χ3n) is 7.92. The number of aromatic amines is 1. The molecule has 1 atom stereocenters. The number of carbonyl (C=O) groups excluding carboxylic acids is 1. The van der Waals surface area contributed by atoms with Crippen molar-refractivity contribution < 1.29 is 28.2 Å². The molecule has 3 heterocycles. The lowest BCUT2D eigenvalue weighted by Crippen LogP contribution is -2.49. The number of piperazine rings is 1. The van der Waals surface area contributed by atoms with E-state index >= 15 is 0 Å². The van der Waals surface area contributed by atoms with Crippen LogP contribution in [0.15, 0.2) is 36.5 Å². The molecule has 2 N–H and O–H groups in total. The van der Waals surface area contributed by atoms with E-state index in [9.17, 15) is 23.5 Å². The number of ether oxygens (including phenoxy) is 1. The first-order valence-electron chi connectivity index (χ1n) is 13.3. The van der Waals surface area contributed by atoms with Gasteiger partial charge in [-0.3, -0.25) is 14.6 Å². The largest absolute Gasteiger partial charge is 0.496 e. The Morgan fingerprint density at radius 1 is 1.18 bits per heavy atom. The Kier molecular flexibility index (Phi) is 7.86. The van der Waals surface area contributed by atoms with Gasteiger partial charge in [0.2, 0.25) is 5.91 Å². The summed E-state index contributed by atoms with van der Waals surface area (Å²) in [6.07, 6.45) is 1.39. The van der Waals surface area contributed by atoms with E-state index in [1.54, 1.807) is 29.0 Å². The summed E-state index contributed by atoms with van der Waals surface area (Å²) in [5.74, 6) is -0.442. The number of aryl methyl sites for hydroxylation is 1. The second-order valence-electron chi connectivity index (χ2n) is 10.4. The Morgan fingerprint density at radius 2 is 2.00 bits per heavy atom.